The second-order valence-corrected chi connectivity index (χ2v) is 17.9. The first-order chi connectivity index (χ1) is 23.1. The van der Waals surface area contributed by atoms with Crippen molar-refractivity contribution < 1.29 is 71.7 Å². The van der Waals surface area contributed by atoms with Gasteiger partial charge in [-0.2, -0.15) is 52.7 Å². The van der Waals surface area contributed by atoms with Gasteiger partial charge in [0.15, 0.2) is 0 Å². The van der Waals surface area contributed by atoms with Crippen molar-refractivity contribution in [1.29, 1.82) is 0 Å². The third-order valence-corrected chi connectivity index (χ3v) is 12.3. The number of fused-ring (bicyclic) bond motifs is 4. The molecule has 0 amide bonds. The number of halogens is 12. The number of alkyl halides is 12. The minimum atomic E-state index is -5.70. The molecule has 4 aliphatic carbocycles. The number of carbonyl (C=O) groups is 1. The maximum atomic E-state index is 13.7. The standard InChI is InChI=1S/C19H28F6O3.C17H26F6O/c1-10-11(2)14-7-12(10)6-13(14)8-17(18(20,21)22,19(23,24)25)27-9-15(26)28-16(3,4)5;1-9-10(2)13-7-11(9)6-12(13)8-15(16(18,19)20,17(21,22)23)24-14(3,4)5/h10-14H,6-9H2,1-5H3;9-13H,6-8H2,1-5H3. The minimum absolute atomic E-state index is 0.0637. The summed E-state index contributed by atoms with van der Waals surface area (Å²) in [5.41, 5.74) is -11.1. The Balaban J connectivity index is 0.000000284. The molecule has 52 heavy (non-hydrogen) atoms. The van der Waals surface area contributed by atoms with Crippen molar-refractivity contribution in [3.05, 3.63) is 0 Å². The van der Waals surface area contributed by atoms with Crippen molar-refractivity contribution >= 4 is 5.97 Å². The molecule has 10 atom stereocenters. The molecule has 0 aromatic carbocycles. The Labute approximate surface area is 298 Å². The van der Waals surface area contributed by atoms with Crippen LogP contribution in [-0.2, 0) is 19.0 Å². The lowest BCUT2D eigenvalue weighted by Crippen LogP contribution is -2.62. The highest BCUT2D eigenvalue weighted by atomic mass is 19.4. The molecular weight excluding hydrogens is 724 g/mol. The fourth-order valence-corrected chi connectivity index (χ4v) is 9.64. The molecular formula is C36H54F12O4. The molecule has 4 aliphatic rings. The van der Waals surface area contributed by atoms with Crippen LogP contribution in [0, 0.1) is 59.2 Å². The van der Waals surface area contributed by atoms with E-state index in [1.807, 2.05) is 27.7 Å². The predicted octanol–water partition coefficient (Wildman–Crippen LogP) is 11.5. The van der Waals surface area contributed by atoms with Gasteiger partial charge in [0.1, 0.15) is 12.2 Å². The van der Waals surface area contributed by atoms with Gasteiger partial charge in [0, 0.05) is 0 Å². The number of hydrogen-bond donors (Lipinski definition) is 0. The van der Waals surface area contributed by atoms with Crippen LogP contribution in [0.25, 0.3) is 0 Å². The second-order valence-electron chi connectivity index (χ2n) is 17.9. The maximum absolute atomic E-state index is 13.7. The van der Waals surface area contributed by atoms with Gasteiger partial charge in [-0.1, -0.05) is 27.7 Å². The van der Waals surface area contributed by atoms with Gasteiger partial charge in [0.25, 0.3) is 11.2 Å². The summed E-state index contributed by atoms with van der Waals surface area (Å²) in [6, 6.07) is 0. The summed E-state index contributed by atoms with van der Waals surface area (Å²) in [5, 5.41) is 0. The minimum Gasteiger partial charge on any atom is -0.458 e. The van der Waals surface area contributed by atoms with E-state index < -0.39 is 84.4 Å². The van der Waals surface area contributed by atoms with Crippen LogP contribution in [0.4, 0.5) is 52.7 Å². The highest BCUT2D eigenvalue weighted by molar-refractivity contribution is 5.71. The number of ether oxygens (including phenoxy) is 3. The van der Waals surface area contributed by atoms with E-state index in [1.54, 1.807) is 0 Å². The zero-order valence-corrected chi connectivity index (χ0v) is 31.4. The van der Waals surface area contributed by atoms with E-state index in [0.717, 1.165) is 6.42 Å². The molecule has 16 heteroatoms. The molecule has 0 saturated heterocycles. The Morgan fingerprint density at radius 2 is 0.865 bits per heavy atom. The summed E-state index contributed by atoms with van der Waals surface area (Å²) in [6.07, 6.45) is -22.6. The monoisotopic (exact) mass is 778 g/mol. The van der Waals surface area contributed by atoms with E-state index in [2.05, 4.69) is 4.74 Å². The summed E-state index contributed by atoms with van der Waals surface area (Å²) < 4.78 is 178. The molecule has 4 nitrogen and oxygen atoms in total. The van der Waals surface area contributed by atoms with Gasteiger partial charge in [-0.3, -0.25) is 0 Å². The summed E-state index contributed by atoms with van der Waals surface area (Å²) >= 11 is 0. The molecule has 0 radical (unpaired) electrons. The van der Waals surface area contributed by atoms with Crippen molar-refractivity contribution in [1.82, 2.24) is 0 Å². The lowest BCUT2D eigenvalue weighted by molar-refractivity contribution is -0.404. The predicted molar refractivity (Wildman–Crippen MR) is 168 cm³/mol. The van der Waals surface area contributed by atoms with Crippen LogP contribution in [0.5, 0.6) is 0 Å². The van der Waals surface area contributed by atoms with Crippen molar-refractivity contribution in [2.24, 2.45) is 59.2 Å². The zero-order valence-electron chi connectivity index (χ0n) is 31.4. The smallest absolute Gasteiger partial charge is 0.426 e. The Hall–Kier alpha value is -1.45. The van der Waals surface area contributed by atoms with Gasteiger partial charge in [-0.25, -0.2) is 4.79 Å². The molecule has 4 rings (SSSR count). The fraction of sp³-hybridized carbons (Fsp3) is 0.972. The maximum Gasteiger partial charge on any atom is 0.426 e. The van der Waals surface area contributed by atoms with Gasteiger partial charge >= 0.3 is 30.7 Å². The second kappa shape index (κ2) is 14.6. The summed E-state index contributed by atoms with van der Waals surface area (Å²) in [5.74, 6) is -1.68. The van der Waals surface area contributed by atoms with Crippen molar-refractivity contribution in [2.75, 3.05) is 6.61 Å². The first kappa shape index (κ1) is 44.9. The molecule has 0 spiro atoms. The Morgan fingerprint density at radius 1 is 0.519 bits per heavy atom. The number of hydrogen-bond acceptors (Lipinski definition) is 4. The first-order valence-corrected chi connectivity index (χ1v) is 17.9. The SMILES string of the molecule is CC1C2CC(CC(OC(C)(C)C)(C(F)(F)F)C(F)(F)F)C(C2)C1C.CC1C2CC(CC(OCC(=O)OC(C)(C)C)(C(F)(F)F)C(F)(F)F)C(C2)C1C. The van der Waals surface area contributed by atoms with E-state index in [9.17, 15) is 57.5 Å². The van der Waals surface area contributed by atoms with Crippen LogP contribution in [0.2, 0.25) is 0 Å². The van der Waals surface area contributed by atoms with Crippen LogP contribution in [0.1, 0.15) is 108 Å². The zero-order chi connectivity index (χ0) is 40.4. The summed E-state index contributed by atoms with van der Waals surface area (Å²) in [7, 11) is 0. The summed E-state index contributed by atoms with van der Waals surface area (Å²) in [6.45, 7) is 14.5. The largest absolute Gasteiger partial charge is 0.458 e. The van der Waals surface area contributed by atoms with E-state index in [4.69, 9.17) is 9.47 Å². The van der Waals surface area contributed by atoms with Crippen LogP contribution in [0.15, 0.2) is 0 Å². The lowest BCUT2D eigenvalue weighted by Gasteiger charge is -2.44. The van der Waals surface area contributed by atoms with Gasteiger partial charge in [-0.05, 0) is 139 Å². The van der Waals surface area contributed by atoms with Gasteiger partial charge < -0.3 is 14.2 Å². The molecule has 0 aromatic rings. The first-order valence-electron chi connectivity index (χ1n) is 17.9. The molecule has 306 valence electrons. The molecule has 0 heterocycles. The molecule has 10 unspecified atom stereocenters. The average molecular weight is 779 g/mol. The molecule has 4 saturated carbocycles. The van der Waals surface area contributed by atoms with Gasteiger partial charge in [-0.15, -0.1) is 0 Å². The number of esters is 1. The quantitative estimate of drug-likeness (QED) is 0.182. The normalized spacial score (nSPS) is 33.0. The third-order valence-electron chi connectivity index (χ3n) is 12.3. The van der Waals surface area contributed by atoms with Gasteiger partial charge in [0.2, 0.25) is 0 Å². The highest BCUT2D eigenvalue weighted by Gasteiger charge is 2.75. The van der Waals surface area contributed by atoms with Crippen LogP contribution < -0.4 is 0 Å². The molecule has 0 aromatic heterocycles. The van der Waals surface area contributed by atoms with E-state index in [0.29, 0.717) is 25.2 Å². The van der Waals surface area contributed by atoms with Crippen molar-refractivity contribution in [3.63, 3.8) is 0 Å². The molecule has 4 bridgehead atoms. The molecule has 0 N–H and O–H groups in total. The third kappa shape index (κ3) is 9.15. The highest BCUT2D eigenvalue weighted by Crippen LogP contribution is 2.62. The number of carbonyl (C=O) groups excluding carboxylic acids is 1. The molecule has 4 fully saturated rings. The van der Waals surface area contributed by atoms with E-state index in [1.165, 1.54) is 41.5 Å². The molecule has 0 aliphatic heterocycles. The van der Waals surface area contributed by atoms with Crippen LogP contribution in [0.3, 0.4) is 0 Å². The Kier molecular flexibility index (Phi) is 12.6. The van der Waals surface area contributed by atoms with Crippen LogP contribution >= 0.6 is 0 Å². The Bertz CT molecular complexity index is 1190. The van der Waals surface area contributed by atoms with E-state index in [-0.39, 0.29) is 41.4 Å². The fourth-order valence-electron chi connectivity index (χ4n) is 9.64. The number of rotatable bonds is 8. The lowest BCUT2D eigenvalue weighted by atomic mass is 9.71. The average Bonchev–Trinajstić information content (AvgIpc) is 3.65. The van der Waals surface area contributed by atoms with E-state index >= 15 is 0 Å². The van der Waals surface area contributed by atoms with Crippen molar-refractivity contribution in [3.8, 4) is 0 Å². The van der Waals surface area contributed by atoms with Crippen LogP contribution in [-0.4, -0.2) is 59.7 Å². The Morgan fingerprint density at radius 3 is 1.13 bits per heavy atom. The topological polar surface area (TPSA) is 44.8 Å². The van der Waals surface area contributed by atoms with Gasteiger partial charge in [0.05, 0.1) is 5.60 Å². The van der Waals surface area contributed by atoms with Crippen molar-refractivity contribution in [2.45, 2.75) is 155 Å². The summed E-state index contributed by atoms with van der Waals surface area (Å²) in [4.78, 5) is 11.7.